The van der Waals surface area contributed by atoms with Crippen molar-refractivity contribution in [1.29, 1.82) is 0 Å². The van der Waals surface area contributed by atoms with Gasteiger partial charge in [-0.15, -0.1) is 0 Å². The molecule has 1 aliphatic carbocycles. The molecule has 0 aliphatic heterocycles. The summed E-state index contributed by atoms with van der Waals surface area (Å²) in [7, 11) is 0. The van der Waals surface area contributed by atoms with Gasteiger partial charge in [0.25, 0.3) is 0 Å². The molecule has 0 spiro atoms. The summed E-state index contributed by atoms with van der Waals surface area (Å²) in [5, 5.41) is 4.08. The van der Waals surface area contributed by atoms with E-state index in [0.717, 1.165) is 36.2 Å². The lowest BCUT2D eigenvalue weighted by atomic mass is 10.1. The number of benzene rings is 2. The molecule has 1 aromatic heterocycles. The topological polar surface area (TPSA) is 68.0 Å². The fraction of sp³-hybridized carbons (Fsp3) is 0.182. The van der Waals surface area contributed by atoms with Crippen molar-refractivity contribution >= 4 is 17.5 Å². The van der Waals surface area contributed by atoms with Gasteiger partial charge in [-0.3, -0.25) is 9.78 Å². The summed E-state index contributed by atoms with van der Waals surface area (Å²) in [5.74, 6) is -0.494. The first-order valence-electron chi connectivity index (χ1n) is 8.95. The number of rotatable bonds is 5. The molecule has 4 nitrogen and oxygen atoms in total. The molecule has 4 rings (SSSR count). The maximum Gasteiger partial charge on any atom is 0.248 e. The van der Waals surface area contributed by atoms with Crippen molar-refractivity contribution in [3.63, 3.8) is 0 Å². The van der Waals surface area contributed by atoms with Gasteiger partial charge in [0.1, 0.15) is 0 Å². The van der Waals surface area contributed by atoms with Crippen molar-refractivity contribution in [3.05, 3.63) is 88.1 Å². The minimum Gasteiger partial charge on any atom is -0.366 e. The molecule has 0 saturated heterocycles. The Morgan fingerprint density at radius 1 is 1.11 bits per heavy atom. The van der Waals surface area contributed by atoms with Crippen LogP contribution in [0.3, 0.4) is 0 Å². The zero-order valence-electron chi connectivity index (χ0n) is 14.8. The average Bonchev–Trinajstić information content (AvgIpc) is 3.10. The highest BCUT2D eigenvalue weighted by Crippen LogP contribution is 2.27. The van der Waals surface area contributed by atoms with Gasteiger partial charge < -0.3 is 11.1 Å². The number of fused-ring (bicyclic) bond motifs is 1. The number of amides is 1. The Morgan fingerprint density at radius 2 is 1.85 bits per heavy atom. The fourth-order valence-electron chi connectivity index (χ4n) is 3.53. The number of carbonyl (C=O) groups excluding carboxylic acids is 1. The molecule has 5 heteroatoms. The Morgan fingerprint density at radius 3 is 2.44 bits per heavy atom. The van der Waals surface area contributed by atoms with Gasteiger partial charge >= 0.3 is 0 Å². The van der Waals surface area contributed by atoms with E-state index in [9.17, 15) is 4.79 Å². The van der Waals surface area contributed by atoms with Crippen molar-refractivity contribution in [2.45, 2.75) is 25.4 Å². The van der Waals surface area contributed by atoms with Crippen LogP contribution in [-0.4, -0.2) is 16.9 Å². The maximum absolute atomic E-state index is 11.2. The summed E-state index contributed by atoms with van der Waals surface area (Å²) in [5.41, 5.74) is 11.2. The summed E-state index contributed by atoms with van der Waals surface area (Å²) in [6, 6.07) is 18.1. The van der Waals surface area contributed by atoms with Gasteiger partial charge in [0, 0.05) is 29.9 Å². The lowest BCUT2D eigenvalue weighted by Gasteiger charge is -2.12. The number of nitrogens with zero attached hydrogens (tertiary/aromatic N) is 1. The highest BCUT2D eigenvalue weighted by Gasteiger charge is 2.20. The Balaban J connectivity index is 1.40. The molecule has 1 aliphatic rings. The molecule has 1 amide bonds. The highest BCUT2D eigenvalue weighted by atomic mass is 35.5. The van der Waals surface area contributed by atoms with Crippen LogP contribution in [0.2, 0.25) is 5.02 Å². The second-order valence-corrected chi connectivity index (χ2v) is 7.27. The van der Waals surface area contributed by atoms with E-state index in [0.29, 0.717) is 16.6 Å². The van der Waals surface area contributed by atoms with E-state index in [4.69, 9.17) is 17.3 Å². The molecule has 2 aromatic carbocycles. The second-order valence-electron chi connectivity index (χ2n) is 6.87. The number of nitrogens with two attached hydrogens (primary N) is 1. The maximum atomic E-state index is 11.2. The lowest BCUT2D eigenvalue weighted by molar-refractivity contribution is 0.100. The summed E-state index contributed by atoms with van der Waals surface area (Å²) in [6.07, 6.45) is 4.01. The Hall–Kier alpha value is -2.69. The predicted molar refractivity (Wildman–Crippen MR) is 108 cm³/mol. The molecule has 0 atom stereocenters. The van der Waals surface area contributed by atoms with Gasteiger partial charge in [0.2, 0.25) is 5.91 Å². The molecule has 3 N–H and O–H groups in total. The number of primary amides is 1. The SMILES string of the molecule is NC(=O)c1ccc(-c2ccc(CNC3Cc4ccccc4C3)cn2)c(Cl)c1. The molecular formula is C22H20ClN3O. The zero-order chi connectivity index (χ0) is 18.8. The predicted octanol–water partition coefficient (Wildman–Crippen LogP) is 3.76. The van der Waals surface area contributed by atoms with Gasteiger partial charge in [-0.1, -0.05) is 48.0 Å². The van der Waals surface area contributed by atoms with Gasteiger partial charge in [0.15, 0.2) is 0 Å². The number of aromatic nitrogens is 1. The van der Waals surface area contributed by atoms with Crippen molar-refractivity contribution in [3.8, 4) is 11.3 Å². The van der Waals surface area contributed by atoms with Crippen molar-refractivity contribution in [2.24, 2.45) is 5.73 Å². The zero-order valence-corrected chi connectivity index (χ0v) is 15.5. The van der Waals surface area contributed by atoms with Gasteiger partial charge in [-0.05, 0) is 47.7 Å². The third kappa shape index (κ3) is 3.87. The van der Waals surface area contributed by atoms with E-state index < -0.39 is 5.91 Å². The molecule has 0 radical (unpaired) electrons. The van der Waals surface area contributed by atoms with Crippen LogP contribution in [0.4, 0.5) is 0 Å². The summed E-state index contributed by atoms with van der Waals surface area (Å²) < 4.78 is 0. The van der Waals surface area contributed by atoms with Crippen molar-refractivity contribution in [1.82, 2.24) is 10.3 Å². The molecule has 0 saturated carbocycles. The van der Waals surface area contributed by atoms with Crippen LogP contribution in [0.1, 0.15) is 27.0 Å². The van der Waals surface area contributed by atoms with Crippen molar-refractivity contribution in [2.75, 3.05) is 0 Å². The molecule has 1 heterocycles. The third-order valence-corrected chi connectivity index (χ3v) is 5.31. The highest BCUT2D eigenvalue weighted by molar-refractivity contribution is 6.33. The molecule has 0 fully saturated rings. The quantitative estimate of drug-likeness (QED) is 0.711. The van der Waals surface area contributed by atoms with Crippen molar-refractivity contribution < 1.29 is 4.79 Å². The van der Waals surface area contributed by atoms with Crippen LogP contribution in [-0.2, 0) is 19.4 Å². The largest absolute Gasteiger partial charge is 0.366 e. The first-order valence-corrected chi connectivity index (χ1v) is 9.33. The number of hydrogen-bond acceptors (Lipinski definition) is 3. The van der Waals surface area contributed by atoms with Crippen LogP contribution in [0.15, 0.2) is 60.8 Å². The monoisotopic (exact) mass is 377 g/mol. The lowest BCUT2D eigenvalue weighted by Crippen LogP contribution is -2.28. The van der Waals surface area contributed by atoms with E-state index in [2.05, 4.69) is 40.6 Å². The number of carbonyl (C=O) groups is 1. The van der Waals surface area contributed by atoms with Gasteiger partial charge in [-0.25, -0.2) is 0 Å². The molecule has 0 bridgehead atoms. The summed E-state index contributed by atoms with van der Waals surface area (Å²) in [6.45, 7) is 0.778. The Kier molecular flexibility index (Phi) is 4.92. The van der Waals surface area contributed by atoms with E-state index in [1.807, 2.05) is 12.3 Å². The molecule has 3 aromatic rings. The number of nitrogens with one attached hydrogen (secondary N) is 1. The van der Waals surface area contributed by atoms with Crippen LogP contribution in [0.25, 0.3) is 11.3 Å². The standard InChI is InChI=1S/C22H20ClN3O/c23-20-11-17(22(24)27)6-7-19(20)21-8-5-14(13-26-21)12-25-18-9-15-3-1-2-4-16(15)10-18/h1-8,11,13,18,25H,9-10,12H2,(H2,24,27). The van der Waals surface area contributed by atoms with E-state index in [1.165, 1.54) is 11.1 Å². The third-order valence-electron chi connectivity index (χ3n) is 5.00. The van der Waals surface area contributed by atoms with Gasteiger partial charge in [0.05, 0.1) is 10.7 Å². The minimum absolute atomic E-state index is 0.391. The van der Waals surface area contributed by atoms with Crippen LogP contribution < -0.4 is 11.1 Å². The van der Waals surface area contributed by atoms with Gasteiger partial charge in [-0.2, -0.15) is 0 Å². The Bertz CT molecular complexity index is 960. The first kappa shape index (κ1) is 17.7. The Labute approximate surface area is 163 Å². The number of pyridine rings is 1. The average molecular weight is 378 g/mol. The van der Waals surface area contributed by atoms with Crippen LogP contribution >= 0.6 is 11.6 Å². The number of hydrogen-bond donors (Lipinski definition) is 2. The van der Waals surface area contributed by atoms with E-state index in [-0.39, 0.29) is 0 Å². The van der Waals surface area contributed by atoms with E-state index in [1.54, 1.807) is 18.2 Å². The molecule has 136 valence electrons. The molecular weight excluding hydrogens is 358 g/mol. The minimum atomic E-state index is -0.494. The summed E-state index contributed by atoms with van der Waals surface area (Å²) in [4.78, 5) is 15.8. The smallest absolute Gasteiger partial charge is 0.248 e. The number of halogens is 1. The second kappa shape index (κ2) is 7.51. The normalized spacial score (nSPS) is 13.5. The van der Waals surface area contributed by atoms with Crippen LogP contribution in [0, 0.1) is 0 Å². The fourth-order valence-corrected chi connectivity index (χ4v) is 3.81. The summed E-state index contributed by atoms with van der Waals surface area (Å²) >= 11 is 6.28. The molecule has 27 heavy (non-hydrogen) atoms. The molecule has 0 unspecified atom stereocenters. The first-order chi connectivity index (χ1) is 13.1. The van der Waals surface area contributed by atoms with Crippen LogP contribution in [0.5, 0.6) is 0 Å². The van der Waals surface area contributed by atoms with E-state index >= 15 is 0 Å².